The van der Waals surface area contributed by atoms with Crippen molar-refractivity contribution in [3.8, 4) is 5.75 Å². The number of aryl methyl sites for hydroxylation is 1. The number of amides is 1. The fourth-order valence-corrected chi connectivity index (χ4v) is 3.88. The number of rotatable bonds is 8. The summed E-state index contributed by atoms with van der Waals surface area (Å²) >= 11 is 0. The van der Waals surface area contributed by atoms with Crippen molar-refractivity contribution in [3.05, 3.63) is 64.7 Å². The van der Waals surface area contributed by atoms with Crippen LogP contribution in [0.15, 0.2) is 47.5 Å². The summed E-state index contributed by atoms with van der Waals surface area (Å²) in [7, 11) is 1.70. The van der Waals surface area contributed by atoms with Gasteiger partial charge in [0.15, 0.2) is 5.96 Å². The van der Waals surface area contributed by atoms with Crippen LogP contribution in [0.3, 0.4) is 0 Å². The number of hydrogen-bond donors (Lipinski definition) is 2. The Balaban J connectivity index is 0.00000363. The Morgan fingerprint density at radius 3 is 2.69 bits per heavy atom. The van der Waals surface area contributed by atoms with Gasteiger partial charge >= 0.3 is 0 Å². The lowest BCUT2D eigenvalue weighted by Gasteiger charge is -2.21. The standard InChI is InChI=1S/C25H34N4O2.HI/c1-5-26-25(28-19(3)22-14-18(2)11-12-23(22)31-4)27-16-20-8-6-9-21(15-20)17-29-13-7-10-24(29)30;/h6,8-9,11-12,14-15,19H,5,7,10,13,16-17H2,1-4H3,(H2,26,27,28);1H. The van der Waals surface area contributed by atoms with Gasteiger partial charge in [0.2, 0.25) is 5.91 Å². The van der Waals surface area contributed by atoms with Gasteiger partial charge in [-0.2, -0.15) is 0 Å². The first-order valence-electron chi connectivity index (χ1n) is 11.0. The summed E-state index contributed by atoms with van der Waals surface area (Å²) in [5.41, 5.74) is 4.57. The maximum atomic E-state index is 11.9. The van der Waals surface area contributed by atoms with E-state index >= 15 is 0 Å². The number of likely N-dealkylation sites (tertiary alicyclic amines) is 1. The molecular weight excluding hydrogens is 515 g/mol. The van der Waals surface area contributed by atoms with Gasteiger partial charge < -0.3 is 20.3 Å². The molecule has 174 valence electrons. The highest BCUT2D eigenvalue weighted by Gasteiger charge is 2.20. The highest BCUT2D eigenvalue weighted by Crippen LogP contribution is 2.26. The quantitative estimate of drug-likeness (QED) is 0.288. The highest BCUT2D eigenvalue weighted by atomic mass is 127. The van der Waals surface area contributed by atoms with E-state index in [-0.39, 0.29) is 35.9 Å². The van der Waals surface area contributed by atoms with Gasteiger partial charge in [-0.15, -0.1) is 24.0 Å². The zero-order valence-electron chi connectivity index (χ0n) is 19.5. The molecule has 6 nitrogen and oxygen atoms in total. The Labute approximate surface area is 208 Å². The molecule has 0 aromatic heterocycles. The minimum Gasteiger partial charge on any atom is -0.496 e. The lowest BCUT2D eigenvalue weighted by molar-refractivity contribution is -0.128. The molecule has 32 heavy (non-hydrogen) atoms. The fraction of sp³-hybridized carbons (Fsp3) is 0.440. The summed E-state index contributed by atoms with van der Waals surface area (Å²) < 4.78 is 5.54. The first kappa shape index (κ1) is 26.0. The molecule has 1 aliphatic heterocycles. The molecule has 1 heterocycles. The molecule has 0 spiro atoms. The number of hydrogen-bond acceptors (Lipinski definition) is 3. The smallest absolute Gasteiger partial charge is 0.222 e. The molecule has 2 N–H and O–H groups in total. The predicted octanol–water partition coefficient (Wildman–Crippen LogP) is 4.56. The molecular formula is C25H35IN4O2. The number of nitrogens with zero attached hydrogens (tertiary/aromatic N) is 2. The number of carbonyl (C=O) groups excluding carboxylic acids is 1. The molecule has 0 aliphatic carbocycles. The van der Waals surface area contributed by atoms with E-state index in [1.54, 1.807) is 7.11 Å². The summed E-state index contributed by atoms with van der Waals surface area (Å²) in [6.07, 6.45) is 1.63. The van der Waals surface area contributed by atoms with Crippen LogP contribution in [0.1, 0.15) is 55.0 Å². The van der Waals surface area contributed by atoms with Crippen molar-refractivity contribution in [2.24, 2.45) is 4.99 Å². The van der Waals surface area contributed by atoms with Crippen molar-refractivity contribution in [2.45, 2.75) is 52.7 Å². The van der Waals surface area contributed by atoms with Crippen LogP contribution >= 0.6 is 24.0 Å². The van der Waals surface area contributed by atoms with E-state index in [1.807, 2.05) is 17.0 Å². The molecule has 1 aliphatic rings. The molecule has 2 aromatic carbocycles. The van der Waals surface area contributed by atoms with Gasteiger partial charge in [0, 0.05) is 31.6 Å². The predicted molar refractivity (Wildman–Crippen MR) is 141 cm³/mol. The van der Waals surface area contributed by atoms with Gasteiger partial charge in [0.1, 0.15) is 5.75 Å². The third kappa shape index (κ3) is 7.12. The molecule has 1 atom stereocenters. The van der Waals surface area contributed by atoms with Crippen molar-refractivity contribution >= 4 is 35.8 Å². The first-order chi connectivity index (χ1) is 15.0. The maximum Gasteiger partial charge on any atom is 0.222 e. The van der Waals surface area contributed by atoms with Crippen LogP contribution in [0.5, 0.6) is 5.75 Å². The molecule has 7 heteroatoms. The van der Waals surface area contributed by atoms with Crippen LogP contribution in [0, 0.1) is 6.92 Å². The van der Waals surface area contributed by atoms with Crippen molar-refractivity contribution in [1.82, 2.24) is 15.5 Å². The molecule has 1 amide bonds. The van der Waals surface area contributed by atoms with Gasteiger partial charge in [-0.05, 0) is 44.4 Å². The number of methoxy groups -OCH3 is 1. The summed E-state index contributed by atoms with van der Waals surface area (Å²) in [6, 6.07) is 14.6. The van der Waals surface area contributed by atoms with Crippen molar-refractivity contribution in [2.75, 3.05) is 20.2 Å². The topological polar surface area (TPSA) is 66.0 Å². The molecule has 1 fully saturated rings. The number of aliphatic imine (C=N–C) groups is 1. The number of nitrogens with one attached hydrogen (secondary N) is 2. The zero-order chi connectivity index (χ0) is 22.2. The molecule has 0 bridgehead atoms. The second-order valence-corrected chi connectivity index (χ2v) is 8.05. The summed E-state index contributed by atoms with van der Waals surface area (Å²) in [4.78, 5) is 18.6. The third-order valence-electron chi connectivity index (χ3n) is 5.51. The van der Waals surface area contributed by atoms with E-state index < -0.39 is 0 Å². The largest absolute Gasteiger partial charge is 0.496 e. The van der Waals surface area contributed by atoms with E-state index in [9.17, 15) is 4.79 Å². The van der Waals surface area contributed by atoms with Crippen molar-refractivity contribution < 1.29 is 9.53 Å². The van der Waals surface area contributed by atoms with Gasteiger partial charge in [0.25, 0.3) is 0 Å². The Morgan fingerprint density at radius 2 is 2.00 bits per heavy atom. The average Bonchev–Trinajstić information content (AvgIpc) is 3.16. The Kier molecular flexibility index (Phi) is 10.3. The summed E-state index contributed by atoms with van der Waals surface area (Å²) in [5, 5.41) is 6.82. The molecule has 0 radical (unpaired) electrons. The number of benzene rings is 2. The Bertz CT molecular complexity index is 932. The van der Waals surface area contributed by atoms with Gasteiger partial charge in [-0.3, -0.25) is 4.79 Å². The van der Waals surface area contributed by atoms with E-state index in [0.29, 0.717) is 19.5 Å². The van der Waals surface area contributed by atoms with Crippen LogP contribution in [-0.4, -0.2) is 37.0 Å². The van der Waals surface area contributed by atoms with Gasteiger partial charge in [-0.25, -0.2) is 4.99 Å². The molecule has 1 unspecified atom stereocenters. The Hall–Kier alpha value is -2.29. The third-order valence-corrected chi connectivity index (χ3v) is 5.51. The number of carbonyl (C=O) groups is 1. The SMILES string of the molecule is CCNC(=NCc1cccc(CN2CCCC2=O)c1)NC(C)c1cc(C)ccc1OC.I. The number of ether oxygens (including phenoxy) is 1. The minimum absolute atomic E-state index is 0. The Morgan fingerprint density at radius 1 is 1.22 bits per heavy atom. The van der Waals surface area contributed by atoms with E-state index in [1.165, 1.54) is 5.56 Å². The normalized spacial score (nSPS) is 14.7. The van der Waals surface area contributed by atoms with E-state index in [4.69, 9.17) is 9.73 Å². The second kappa shape index (κ2) is 12.7. The maximum absolute atomic E-state index is 11.9. The number of halogens is 1. The fourth-order valence-electron chi connectivity index (χ4n) is 3.88. The monoisotopic (exact) mass is 550 g/mol. The molecule has 0 saturated carbocycles. The van der Waals surface area contributed by atoms with Crippen molar-refractivity contribution in [3.63, 3.8) is 0 Å². The average molecular weight is 550 g/mol. The first-order valence-corrected chi connectivity index (χ1v) is 11.0. The molecule has 2 aromatic rings. The summed E-state index contributed by atoms with van der Waals surface area (Å²) in [6.45, 7) is 9.13. The number of guanidine groups is 1. The van der Waals surface area contributed by atoms with Crippen LogP contribution in [0.25, 0.3) is 0 Å². The van der Waals surface area contributed by atoms with Gasteiger partial charge in [-0.1, -0.05) is 42.0 Å². The van der Waals surface area contributed by atoms with E-state index in [0.717, 1.165) is 47.9 Å². The lowest BCUT2D eigenvalue weighted by atomic mass is 10.0. The molecule has 3 rings (SSSR count). The lowest BCUT2D eigenvalue weighted by Crippen LogP contribution is -2.38. The van der Waals surface area contributed by atoms with Crippen LogP contribution in [0.2, 0.25) is 0 Å². The highest BCUT2D eigenvalue weighted by molar-refractivity contribution is 14.0. The van der Waals surface area contributed by atoms with Gasteiger partial charge in [0.05, 0.1) is 19.7 Å². The van der Waals surface area contributed by atoms with Crippen molar-refractivity contribution in [1.29, 1.82) is 0 Å². The zero-order valence-corrected chi connectivity index (χ0v) is 21.8. The van der Waals surface area contributed by atoms with Crippen LogP contribution in [-0.2, 0) is 17.9 Å². The summed E-state index contributed by atoms with van der Waals surface area (Å²) in [5.74, 6) is 1.88. The van der Waals surface area contributed by atoms with Crippen LogP contribution in [0.4, 0.5) is 0 Å². The van der Waals surface area contributed by atoms with E-state index in [2.05, 4.69) is 61.7 Å². The van der Waals surface area contributed by atoms with Crippen LogP contribution < -0.4 is 15.4 Å². The minimum atomic E-state index is 0. The second-order valence-electron chi connectivity index (χ2n) is 8.05. The molecule has 1 saturated heterocycles.